The Hall–Kier alpha value is -2.14. The third-order valence-electron chi connectivity index (χ3n) is 4.89. The number of piperidine rings is 1. The molecule has 1 aromatic carbocycles. The fraction of sp³-hybridized carbons (Fsp3) is 0.524. The number of aromatic nitrogens is 2. The maximum Gasteiger partial charge on any atom is 0.330 e. The fourth-order valence-corrected chi connectivity index (χ4v) is 3.31. The standard InChI is InChI=1S/C21H29N3O2/c1-21(2,3)20(25)26-24-12-10-17(11-13-24)19-15-18(22-23(19)4)14-16-8-6-5-7-9-16/h5-9,15,17H,10-14H2,1-4H3. The van der Waals surface area contributed by atoms with Crippen LogP contribution in [0.4, 0.5) is 0 Å². The predicted octanol–water partition coefficient (Wildman–Crippen LogP) is 3.69. The quantitative estimate of drug-likeness (QED) is 0.839. The molecule has 0 spiro atoms. The van der Waals surface area contributed by atoms with E-state index in [0.717, 1.165) is 38.0 Å². The number of carbonyl (C=O) groups excluding carboxylic acids is 1. The Morgan fingerprint density at radius 1 is 1.19 bits per heavy atom. The minimum Gasteiger partial charge on any atom is -0.367 e. The summed E-state index contributed by atoms with van der Waals surface area (Å²) in [4.78, 5) is 17.6. The van der Waals surface area contributed by atoms with Crippen molar-refractivity contribution in [3.05, 3.63) is 53.3 Å². The van der Waals surface area contributed by atoms with Crippen LogP contribution in [0.2, 0.25) is 0 Å². The highest BCUT2D eigenvalue weighted by Crippen LogP contribution is 2.29. The van der Waals surface area contributed by atoms with Crippen molar-refractivity contribution in [2.45, 2.75) is 46.0 Å². The van der Waals surface area contributed by atoms with E-state index in [2.05, 4.69) is 30.3 Å². The number of hydroxylamine groups is 2. The SMILES string of the molecule is Cn1nc(Cc2ccccc2)cc1C1CCN(OC(=O)C(C)(C)C)CC1. The van der Waals surface area contributed by atoms with Gasteiger partial charge >= 0.3 is 5.97 Å². The van der Waals surface area contributed by atoms with Gasteiger partial charge in [0.05, 0.1) is 11.1 Å². The Morgan fingerprint density at radius 2 is 1.85 bits per heavy atom. The normalized spacial score (nSPS) is 16.6. The molecule has 0 unspecified atom stereocenters. The van der Waals surface area contributed by atoms with E-state index < -0.39 is 5.41 Å². The van der Waals surface area contributed by atoms with Crippen molar-refractivity contribution in [3.8, 4) is 0 Å². The molecule has 5 heteroatoms. The van der Waals surface area contributed by atoms with Crippen LogP contribution in [0.1, 0.15) is 56.5 Å². The lowest BCUT2D eigenvalue weighted by Crippen LogP contribution is -2.38. The van der Waals surface area contributed by atoms with Crippen LogP contribution in [-0.2, 0) is 23.1 Å². The van der Waals surface area contributed by atoms with E-state index in [0.29, 0.717) is 5.92 Å². The van der Waals surface area contributed by atoms with Crippen molar-refractivity contribution in [2.75, 3.05) is 13.1 Å². The zero-order valence-corrected chi connectivity index (χ0v) is 16.2. The molecule has 1 fully saturated rings. The van der Waals surface area contributed by atoms with E-state index in [1.54, 1.807) is 0 Å². The van der Waals surface area contributed by atoms with Gasteiger partial charge in [0.25, 0.3) is 0 Å². The summed E-state index contributed by atoms with van der Waals surface area (Å²) in [6.45, 7) is 7.18. The predicted molar refractivity (Wildman–Crippen MR) is 102 cm³/mol. The molecule has 0 radical (unpaired) electrons. The van der Waals surface area contributed by atoms with Gasteiger partial charge in [-0.15, -0.1) is 5.06 Å². The Morgan fingerprint density at radius 3 is 2.46 bits per heavy atom. The Bertz CT molecular complexity index is 738. The Balaban J connectivity index is 1.59. The van der Waals surface area contributed by atoms with Gasteiger partial charge < -0.3 is 4.84 Å². The highest BCUT2D eigenvalue weighted by Gasteiger charge is 2.29. The van der Waals surface area contributed by atoms with Gasteiger partial charge in [-0.25, -0.2) is 4.79 Å². The number of hydrogen-bond acceptors (Lipinski definition) is 4. The van der Waals surface area contributed by atoms with Gasteiger partial charge in [-0.1, -0.05) is 30.3 Å². The minimum absolute atomic E-state index is 0.165. The fourth-order valence-electron chi connectivity index (χ4n) is 3.31. The van der Waals surface area contributed by atoms with Crippen LogP contribution in [-0.4, -0.2) is 33.9 Å². The molecule has 2 aromatic rings. The summed E-state index contributed by atoms with van der Waals surface area (Å²) in [5, 5.41) is 6.51. The number of rotatable bonds is 4. The lowest BCUT2D eigenvalue weighted by molar-refractivity contribution is -0.204. The number of nitrogens with zero attached hydrogens (tertiary/aromatic N) is 3. The smallest absolute Gasteiger partial charge is 0.330 e. The summed E-state index contributed by atoms with van der Waals surface area (Å²) >= 11 is 0. The van der Waals surface area contributed by atoms with Crippen molar-refractivity contribution in [3.63, 3.8) is 0 Å². The number of benzene rings is 1. The molecule has 1 saturated heterocycles. The van der Waals surface area contributed by atoms with Gasteiger partial charge in [-0.2, -0.15) is 5.10 Å². The molecular weight excluding hydrogens is 326 g/mol. The highest BCUT2D eigenvalue weighted by atomic mass is 16.7. The molecule has 1 aliphatic heterocycles. The summed E-state index contributed by atoms with van der Waals surface area (Å²) in [5.41, 5.74) is 3.19. The van der Waals surface area contributed by atoms with Crippen molar-refractivity contribution in [2.24, 2.45) is 12.5 Å². The van der Waals surface area contributed by atoms with E-state index >= 15 is 0 Å². The van der Waals surface area contributed by atoms with Crippen LogP contribution in [0.15, 0.2) is 36.4 Å². The van der Waals surface area contributed by atoms with Gasteiger partial charge in [0, 0.05) is 38.2 Å². The average Bonchev–Trinajstić information content (AvgIpc) is 2.96. The number of hydrogen-bond donors (Lipinski definition) is 0. The monoisotopic (exact) mass is 355 g/mol. The topological polar surface area (TPSA) is 47.4 Å². The first-order valence-electron chi connectivity index (χ1n) is 9.37. The third kappa shape index (κ3) is 4.52. The summed E-state index contributed by atoms with van der Waals surface area (Å²) in [6, 6.07) is 12.7. The molecule has 0 saturated carbocycles. The zero-order chi connectivity index (χ0) is 18.7. The van der Waals surface area contributed by atoms with Crippen LogP contribution >= 0.6 is 0 Å². The number of aryl methyl sites for hydroxylation is 1. The first-order chi connectivity index (χ1) is 12.3. The van der Waals surface area contributed by atoms with Crippen LogP contribution in [0, 0.1) is 5.41 Å². The number of carbonyl (C=O) groups is 1. The van der Waals surface area contributed by atoms with Crippen LogP contribution in [0.25, 0.3) is 0 Å². The van der Waals surface area contributed by atoms with E-state index in [4.69, 9.17) is 9.94 Å². The summed E-state index contributed by atoms with van der Waals surface area (Å²) < 4.78 is 2.01. The van der Waals surface area contributed by atoms with E-state index in [1.165, 1.54) is 11.3 Å². The summed E-state index contributed by atoms with van der Waals surface area (Å²) in [5.74, 6) is 0.295. The molecule has 0 N–H and O–H groups in total. The Labute approximate surface area is 155 Å². The van der Waals surface area contributed by atoms with Crippen molar-refractivity contribution in [1.29, 1.82) is 0 Å². The Kier molecular flexibility index (Phi) is 5.47. The maximum atomic E-state index is 12.0. The largest absolute Gasteiger partial charge is 0.367 e. The van der Waals surface area contributed by atoms with Gasteiger partial charge in [-0.05, 0) is 45.2 Å². The summed E-state index contributed by atoms with van der Waals surface area (Å²) in [6.07, 6.45) is 2.81. The highest BCUT2D eigenvalue weighted by molar-refractivity contribution is 5.75. The van der Waals surface area contributed by atoms with Gasteiger partial charge in [0.15, 0.2) is 0 Å². The van der Waals surface area contributed by atoms with Crippen LogP contribution < -0.4 is 0 Å². The third-order valence-corrected chi connectivity index (χ3v) is 4.89. The molecule has 1 aliphatic rings. The second-order valence-electron chi connectivity index (χ2n) is 8.18. The van der Waals surface area contributed by atoms with Gasteiger partial charge in [0.1, 0.15) is 0 Å². The molecule has 2 heterocycles. The van der Waals surface area contributed by atoms with E-state index in [9.17, 15) is 4.79 Å². The zero-order valence-electron chi connectivity index (χ0n) is 16.2. The maximum absolute atomic E-state index is 12.0. The molecule has 26 heavy (non-hydrogen) atoms. The molecule has 1 aromatic heterocycles. The molecule has 0 aliphatic carbocycles. The second kappa shape index (κ2) is 7.62. The van der Waals surface area contributed by atoms with Crippen molar-refractivity contribution >= 4 is 5.97 Å². The molecule has 0 bridgehead atoms. The van der Waals surface area contributed by atoms with E-state index in [-0.39, 0.29) is 5.97 Å². The molecule has 0 atom stereocenters. The first kappa shape index (κ1) is 18.6. The molecule has 5 nitrogen and oxygen atoms in total. The van der Waals surface area contributed by atoms with Gasteiger partial charge in [0.2, 0.25) is 0 Å². The molecule has 3 rings (SSSR count). The first-order valence-corrected chi connectivity index (χ1v) is 9.37. The van der Waals surface area contributed by atoms with Crippen LogP contribution in [0.5, 0.6) is 0 Å². The van der Waals surface area contributed by atoms with E-state index in [1.807, 2.05) is 43.6 Å². The average molecular weight is 355 g/mol. The van der Waals surface area contributed by atoms with Gasteiger partial charge in [-0.3, -0.25) is 4.68 Å². The lowest BCUT2D eigenvalue weighted by atomic mass is 9.93. The minimum atomic E-state index is -0.467. The molecule has 140 valence electrons. The van der Waals surface area contributed by atoms with Crippen molar-refractivity contribution < 1.29 is 9.63 Å². The summed E-state index contributed by atoms with van der Waals surface area (Å²) in [7, 11) is 2.02. The second-order valence-corrected chi connectivity index (χ2v) is 8.18. The molecule has 0 amide bonds. The van der Waals surface area contributed by atoms with Crippen LogP contribution in [0.3, 0.4) is 0 Å². The van der Waals surface area contributed by atoms with Crippen molar-refractivity contribution in [1.82, 2.24) is 14.8 Å². The lowest BCUT2D eigenvalue weighted by Gasteiger charge is -2.32. The molecular formula is C21H29N3O2.